The lowest BCUT2D eigenvalue weighted by atomic mass is 10.2. The molecule has 1 aliphatic heterocycles. The summed E-state index contributed by atoms with van der Waals surface area (Å²) in [6, 6.07) is 0.994. The van der Waals surface area contributed by atoms with Gasteiger partial charge in [-0.05, 0) is 27.7 Å². The van der Waals surface area contributed by atoms with Gasteiger partial charge in [0, 0.05) is 12.1 Å². The van der Waals surface area contributed by atoms with Crippen molar-refractivity contribution in [3.05, 3.63) is 0 Å². The molecule has 1 rings (SSSR count). The van der Waals surface area contributed by atoms with Crippen molar-refractivity contribution >= 4 is 22.1 Å². The van der Waals surface area contributed by atoms with Crippen molar-refractivity contribution in [3.8, 4) is 0 Å². The van der Waals surface area contributed by atoms with E-state index in [1.165, 1.54) is 0 Å². The van der Waals surface area contributed by atoms with Crippen LogP contribution in [0.3, 0.4) is 0 Å². The zero-order valence-corrected chi connectivity index (χ0v) is 10.4. The number of hydrogen-bond donors (Lipinski definition) is 0. The van der Waals surface area contributed by atoms with Crippen molar-refractivity contribution in [1.29, 1.82) is 0 Å². The topological polar surface area (TPSA) is 18.8 Å². The highest BCUT2D eigenvalue weighted by molar-refractivity contribution is 9.07. The lowest BCUT2D eigenvalue weighted by Crippen LogP contribution is -2.46. The molecular formula is C9H18BrN3. The average Bonchev–Trinajstić information content (AvgIpc) is 2.35. The van der Waals surface area contributed by atoms with Crippen molar-refractivity contribution < 1.29 is 0 Å². The van der Waals surface area contributed by atoms with E-state index < -0.39 is 0 Å². The molecule has 4 heteroatoms. The summed E-state index contributed by atoms with van der Waals surface area (Å²) >= 11 is 3.50. The second kappa shape index (κ2) is 4.31. The van der Waals surface area contributed by atoms with Crippen LogP contribution in [0.5, 0.6) is 0 Å². The fourth-order valence-electron chi connectivity index (χ4n) is 1.68. The monoisotopic (exact) mass is 247 g/mol. The molecule has 0 radical (unpaired) electrons. The van der Waals surface area contributed by atoms with E-state index in [0.717, 1.165) is 19.0 Å². The number of hydrogen-bond acceptors (Lipinski definition) is 3. The van der Waals surface area contributed by atoms with Crippen LogP contribution in [0.4, 0.5) is 0 Å². The summed E-state index contributed by atoms with van der Waals surface area (Å²) < 4.78 is 2.05. The zero-order valence-electron chi connectivity index (χ0n) is 8.79. The highest BCUT2D eigenvalue weighted by atomic mass is 79.9. The summed E-state index contributed by atoms with van der Waals surface area (Å²) in [5.41, 5.74) is 0. The van der Waals surface area contributed by atoms with Gasteiger partial charge in [0.25, 0.3) is 0 Å². The number of guanidine groups is 1. The van der Waals surface area contributed by atoms with Crippen molar-refractivity contribution in [1.82, 2.24) is 8.83 Å². The Balaban J connectivity index is 2.75. The van der Waals surface area contributed by atoms with Crippen molar-refractivity contribution in [2.45, 2.75) is 39.8 Å². The Labute approximate surface area is 89.1 Å². The second-order valence-electron chi connectivity index (χ2n) is 3.86. The third-order valence-electron chi connectivity index (χ3n) is 2.11. The van der Waals surface area contributed by atoms with Gasteiger partial charge in [-0.3, -0.25) is 8.92 Å². The van der Waals surface area contributed by atoms with Crippen LogP contribution in [-0.2, 0) is 0 Å². The fraction of sp³-hybridized carbons (Fsp3) is 0.889. The van der Waals surface area contributed by atoms with Crippen LogP contribution in [0.1, 0.15) is 27.7 Å². The standard InChI is InChI=1S/C9H18BrN3/c1-7(2)13(8(3)4)9-11-5-6-12(9)10/h7-8H,5-6H2,1-4H3. The molecule has 1 aliphatic rings. The first-order valence-corrected chi connectivity index (χ1v) is 5.51. The quantitative estimate of drug-likeness (QED) is 0.697. The molecule has 0 spiro atoms. The molecule has 0 aliphatic carbocycles. The molecule has 0 N–H and O–H groups in total. The van der Waals surface area contributed by atoms with E-state index in [-0.39, 0.29) is 0 Å². The summed E-state index contributed by atoms with van der Waals surface area (Å²) in [7, 11) is 0. The molecule has 3 nitrogen and oxygen atoms in total. The summed E-state index contributed by atoms with van der Waals surface area (Å²) in [4.78, 5) is 6.80. The SMILES string of the molecule is CC(C)N(C1=NCCN1Br)C(C)C. The molecule has 0 atom stereocenters. The van der Waals surface area contributed by atoms with E-state index in [0.29, 0.717) is 12.1 Å². The van der Waals surface area contributed by atoms with Crippen molar-refractivity contribution in [3.63, 3.8) is 0 Å². The molecule has 0 aromatic heterocycles. The Morgan fingerprint density at radius 3 is 2.15 bits per heavy atom. The molecule has 13 heavy (non-hydrogen) atoms. The van der Waals surface area contributed by atoms with Gasteiger partial charge >= 0.3 is 0 Å². The van der Waals surface area contributed by atoms with Crippen LogP contribution >= 0.6 is 16.1 Å². The normalized spacial score (nSPS) is 17.2. The van der Waals surface area contributed by atoms with Crippen LogP contribution in [0.2, 0.25) is 0 Å². The van der Waals surface area contributed by atoms with E-state index in [4.69, 9.17) is 0 Å². The molecule has 0 unspecified atom stereocenters. The predicted molar refractivity (Wildman–Crippen MR) is 60.0 cm³/mol. The van der Waals surface area contributed by atoms with Gasteiger partial charge in [0.15, 0.2) is 0 Å². The molecule has 0 fully saturated rings. The maximum Gasteiger partial charge on any atom is 0.207 e. The molecule has 1 heterocycles. The molecular weight excluding hydrogens is 230 g/mol. The van der Waals surface area contributed by atoms with Gasteiger partial charge in [0.05, 0.1) is 29.2 Å². The molecule has 76 valence electrons. The third-order valence-corrected chi connectivity index (χ3v) is 2.78. The highest BCUT2D eigenvalue weighted by Crippen LogP contribution is 2.16. The minimum Gasteiger partial charge on any atom is -0.337 e. The summed E-state index contributed by atoms with van der Waals surface area (Å²) in [6.07, 6.45) is 0. The third kappa shape index (κ3) is 2.36. The Morgan fingerprint density at radius 1 is 1.31 bits per heavy atom. The summed E-state index contributed by atoms with van der Waals surface area (Å²) in [5.74, 6) is 1.07. The van der Waals surface area contributed by atoms with Gasteiger partial charge in [-0.25, -0.2) is 0 Å². The largest absolute Gasteiger partial charge is 0.337 e. The Kier molecular flexibility index (Phi) is 3.59. The lowest BCUT2D eigenvalue weighted by Gasteiger charge is -2.34. The van der Waals surface area contributed by atoms with Crippen LogP contribution in [0, 0.1) is 0 Å². The van der Waals surface area contributed by atoms with Gasteiger partial charge in [0.2, 0.25) is 5.96 Å². The molecule has 0 aromatic carbocycles. The van der Waals surface area contributed by atoms with E-state index in [2.05, 4.69) is 53.7 Å². The van der Waals surface area contributed by atoms with E-state index in [9.17, 15) is 0 Å². The van der Waals surface area contributed by atoms with Crippen LogP contribution < -0.4 is 0 Å². The smallest absolute Gasteiger partial charge is 0.207 e. The number of halogens is 1. The van der Waals surface area contributed by atoms with Gasteiger partial charge in [0.1, 0.15) is 0 Å². The minimum absolute atomic E-state index is 0.497. The number of nitrogens with zero attached hydrogens (tertiary/aromatic N) is 3. The van der Waals surface area contributed by atoms with Crippen LogP contribution in [0.25, 0.3) is 0 Å². The lowest BCUT2D eigenvalue weighted by molar-refractivity contribution is 0.276. The summed E-state index contributed by atoms with van der Waals surface area (Å²) in [5, 5.41) is 0. The van der Waals surface area contributed by atoms with E-state index >= 15 is 0 Å². The van der Waals surface area contributed by atoms with Gasteiger partial charge in [-0.15, -0.1) is 0 Å². The Bertz CT molecular complexity index is 193. The molecule has 0 saturated carbocycles. The molecule has 0 amide bonds. The average molecular weight is 248 g/mol. The number of aliphatic imine (C=N–C) groups is 1. The van der Waals surface area contributed by atoms with Gasteiger partial charge < -0.3 is 4.90 Å². The maximum atomic E-state index is 4.48. The van der Waals surface area contributed by atoms with Crippen LogP contribution in [-0.4, -0.2) is 40.0 Å². The first-order chi connectivity index (χ1) is 6.04. The Hall–Kier alpha value is -0.250. The van der Waals surface area contributed by atoms with Gasteiger partial charge in [-0.1, -0.05) is 0 Å². The van der Waals surface area contributed by atoms with Crippen LogP contribution in [0.15, 0.2) is 4.99 Å². The van der Waals surface area contributed by atoms with Crippen molar-refractivity contribution in [2.75, 3.05) is 13.1 Å². The predicted octanol–water partition coefficient (Wildman–Crippen LogP) is 2.09. The number of rotatable bonds is 2. The van der Waals surface area contributed by atoms with E-state index in [1.807, 2.05) is 3.93 Å². The first-order valence-electron chi connectivity index (χ1n) is 4.80. The Morgan fingerprint density at radius 2 is 1.85 bits per heavy atom. The summed E-state index contributed by atoms with van der Waals surface area (Å²) in [6.45, 7) is 10.7. The second-order valence-corrected chi connectivity index (χ2v) is 4.72. The highest BCUT2D eigenvalue weighted by Gasteiger charge is 2.24. The fourth-order valence-corrected chi connectivity index (χ4v) is 2.13. The minimum atomic E-state index is 0.497. The van der Waals surface area contributed by atoms with Crippen molar-refractivity contribution in [2.24, 2.45) is 4.99 Å². The maximum absolute atomic E-state index is 4.48. The van der Waals surface area contributed by atoms with Gasteiger partial charge in [-0.2, -0.15) is 0 Å². The molecule has 0 aromatic rings. The molecule has 0 saturated heterocycles. The first kappa shape index (κ1) is 10.8. The van der Waals surface area contributed by atoms with E-state index in [1.54, 1.807) is 0 Å². The zero-order chi connectivity index (χ0) is 10.0. The molecule has 0 bridgehead atoms.